The van der Waals surface area contributed by atoms with Crippen molar-refractivity contribution in [1.29, 1.82) is 0 Å². The minimum absolute atomic E-state index is 0.641. The van der Waals surface area contributed by atoms with E-state index in [1.807, 2.05) is 6.92 Å². The van der Waals surface area contributed by atoms with Gasteiger partial charge in [-0.2, -0.15) is 13.2 Å². The molecule has 0 amide bonds. The highest BCUT2D eigenvalue weighted by atomic mass is 79.9. The van der Waals surface area contributed by atoms with E-state index in [2.05, 4.69) is 31.9 Å². The fourth-order valence-electron chi connectivity index (χ4n) is 0.942. The molecule has 1 rings (SSSR count). The Morgan fingerprint density at radius 1 is 1.50 bits per heavy atom. The number of alkyl halides is 4. The molecule has 0 aromatic carbocycles. The van der Waals surface area contributed by atoms with Gasteiger partial charge in [-0.1, -0.05) is 15.9 Å². The van der Waals surface area contributed by atoms with Crippen molar-refractivity contribution in [3.8, 4) is 0 Å². The van der Waals surface area contributed by atoms with Crippen LogP contribution in [0.4, 0.5) is 13.2 Å². The van der Waals surface area contributed by atoms with Crippen molar-refractivity contribution in [2.24, 2.45) is 0 Å². The lowest BCUT2D eigenvalue weighted by atomic mass is 10.2. The fourth-order valence-corrected chi connectivity index (χ4v) is 3.27. The molecule has 0 bridgehead atoms. The number of halogens is 5. The summed E-state index contributed by atoms with van der Waals surface area (Å²) in [5.41, 5.74) is 0.969. The number of rotatable bonds is 2. The van der Waals surface area contributed by atoms with Crippen LogP contribution >= 0.6 is 43.2 Å². The molecule has 0 N–H and O–H groups in total. The average molecular weight is 352 g/mol. The van der Waals surface area contributed by atoms with E-state index in [0.717, 1.165) is 9.35 Å². The van der Waals surface area contributed by atoms with Crippen LogP contribution in [0.25, 0.3) is 0 Å². The molecular weight excluding hydrogens is 345 g/mol. The molecule has 1 unspecified atom stereocenters. The van der Waals surface area contributed by atoms with E-state index >= 15 is 0 Å². The van der Waals surface area contributed by atoms with Gasteiger partial charge in [-0.25, -0.2) is 0 Å². The SMILES string of the molecule is Cc1cc(C(Br)CC(F)(F)F)sc1Br. The number of hydrogen-bond donors (Lipinski definition) is 0. The predicted molar refractivity (Wildman–Crippen MR) is 59.1 cm³/mol. The van der Waals surface area contributed by atoms with Crippen molar-refractivity contribution >= 4 is 43.2 Å². The van der Waals surface area contributed by atoms with Gasteiger partial charge >= 0.3 is 6.18 Å². The molecule has 0 spiro atoms. The summed E-state index contributed by atoms with van der Waals surface area (Å²) in [4.78, 5) is 0.0594. The summed E-state index contributed by atoms with van der Waals surface area (Å²) in [6.45, 7) is 1.86. The van der Waals surface area contributed by atoms with Crippen LogP contribution in [0.5, 0.6) is 0 Å². The fraction of sp³-hybridized carbons (Fsp3) is 0.500. The summed E-state index contributed by atoms with van der Waals surface area (Å²) >= 11 is 7.65. The summed E-state index contributed by atoms with van der Waals surface area (Å²) < 4.78 is 37.1. The van der Waals surface area contributed by atoms with Crippen molar-refractivity contribution in [3.05, 3.63) is 20.3 Å². The van der Waals surface area contributed by atoms with Gasteiger partial charge in [0, 0.05) is 4.88 Å². The van der Waals surface area contributed by atoms with Crippen molar-refractivity contribution < 1.29 is 13.2 Å². The monoisotopic (exact) mass is 350 g/mol. The van der Waals surface area contributed by atoms with Gasteiger partial charge in [0.15, 0.2) is 0 Å². The Balaban J connectivity index is 2.75. The van der Waals surface area contributed by atoms with Crippen molar-refractivity contribution in [2.45, 2.75) is 24.3 Å². The van der Waals surface area contributed by atoms with Crippen LogP contribution < -0.4 is 0 Å². The van der Waals surface area contributed by atoms with Crippen LogP contribution in [-0.2, 0) is 0 Å². The van der Waals surface area contributed by atoms with Crippen LogP contribution in [0.3, 0.4) is 0 Å². The van der Waals surface area contributed by atoms with E-state index in [1.165, 1.54) is 11.3 Å². The predicted octanol–water partition coefficient (Wildman–Crippen LogP) is 5.21. The highest BCUT2D eigenvalue weighted by Gasteiger charge is 2.32. The summed E-state index contributed by atoms with van der Waals surface area (Å²) in [6, 6.07) is 1.76. The van der Waals surface area contributed by atoms with Crippen molar-refractivity contribution in [1.82, 2.24) is 0 Å². The minimum atomic E-state index is -4.13. The third kappa shape index (κ3) is 3.55. The van der Waals surface area contributed by atoms with Crippen LogP contribution in [-0.4, -0.2) is 6.18 Å². The maximum absolute atomic E-state index is 12.1. The molecule has 1 heterocycles. The zero-order valence-corrected chi connectivity index (χ0v) is 11.1. The molecule has 6 heteroatoms. The van der Waals surface area contributed by atoms with Gasteiger partial charge in [0.05, 0.1) is 15.0 Å². The molecule has 14 heavy (non-hydrogen) atoms. The molecule has 1 aromatic rings. The van der Waals surface area contributed by atoms with Crippen LogP contribution in [0, 0.1) is 6.92 Å². The van der Waals surface area contributed by atoms with Gasteiger partial charge < -0.3 is 0 Å². The highest BCUT2D eigenvalue weighted by molar-refractivity contribution is 9.11. The Morgan fingerprint density at radius 2 is 2.07 bits per heavy atom. The Kier molecular flexibility index (Phi) is 4.05. The maximum Gasteiger partial charge on any atom is 0.390 e. The summed E-state index contributed by atoms with van der Waals surface area (Å²) in [7, 11) is 0. The van der Waals surface area contributed by atoms with Gasteiger partial charge in [-0.15, -0.1) is 11.3 Å². The molecule has 0 aliphatic rings. The van der Waals surface area contributed by atoms with E-state index in [0.29, 0.717) is 4.88 Å². The standard InChI is InChI=1S/C8H7Br2F3S/c1-4-2-6(14-7(4)10)5(9)3-8(11,12)13/h2,5H,3H2,1H3. The van der Waals surface area contributed by atoms with E-state index in [1.54, 1.807) is 6.07 Å². The third-order valence-corrected chi connectivity index (χ3v) is 4.97. The molecule has 0 saturated heterocycles. The summed E-state index contributed by atoms with van der Waals surface area (Å²) in [5.74, 6) is 0. The molecule has 0 fully saturated rings. The smallest absolute Gasteiger partial charge is 0.171 e. The van der Waals surface area contributed by atoms with Gasteiger partial charge in [0.1, 0.15) is 0 Å². The van der Waals surface area contributed by atoms with Crippen LogP contribution in [0.2, 0.25) is 0 Å². The maximum atomic E-state index is 12.1. The van der Waals surface area contributed by atoms with Gasteiger partial charge in [-0.3, -0.25) is 0 Å². The second-order valence-electron chi connectivity index (χ2n) is 2.89. The lowest BCUT2D eigenvalue weighted by molar-refractivity contribution is -0.134. The van der Waals surface area contributed by atoms with Crippen LogP contribution in [0.15, 0.2) is 9.85 Å². The molecule has 0 nitrogen and oxygen atoms in total. The Labute approximate surface area is 101 Å². The van der Waals surface area contributed by atoms with Crippen molar-refractivity contribution in [3.63, 3.8) is 0 Å². The number of thiophene rings is 1. The first-order valence-electron chi connectivity index (χ1n) is 3.76. The Morgan fingerprint density at radius 3 is 2.43 bits per heavy atom. The first-order chi connectivity index (χ1) is 6.29. The van der Waals surface area contributed by atoms with E-state index in [-0.39, 0.29) is 0 Å². The van der Waals surface area contributed by atoms with Gasteiger partial charge in [0.25, 0.3) is 0 Å². The zero-order valence-electron chi connectivity index (χ0n) is 7.16. The summed E-state index contributed by atoms with van der Waals surface area (Å²) in [5, 5.41) is 0. The van der Waals surface area contributed by atoms with E-state index < -0.39 is 17.4 Å². The minimum Gasteiger partial charge on any atom is -0.171 e. The molecule has 80 valence electrons. The second kappa shape index (κ2) is 4.53. The molecule has 1 aromatic heterocycles. The highest BCUT2D eigenvalue weighted by Crippen LogP contribution is 2.40. The molecule has 0 saturated carbocycles. The topological polar surface area (TPSA) is 0 Å². The Hall–Kier alpha value is 0.450. The van der Waals surface area contributed by atoms with E-state index in [9.17, 15) is 13.2 Å². The number of hydrogen-bond acceptors (Lipinski definition) is 1. The zero-order chi connectivity index (χ0) is 10.9. The molecule has 1 atom stereocenters. The first kappa shape index (κ1) is 12.5. The Bertz CT molecular complexity index is 299. The van der Waals surface area contributed by atoms with E-state index in [4.69, 9.17) is 0 Å². The molecule has 0 radical (unpaired) electrons. The van der Waals surface area contributed by atoms with Gasteiger partial charge in [-0.05, 0) is 34.5 Å². The van der Waals surface area contributed by atoms with Crippen LogP contribution in [0.1, 0.15) is 21.7 Å². The quantitative estimate of drug-likeness (QED) is 0.642. The van der Waals surface area contributed by atoms with Crippen molar-refractivity contribution in [2.75, 3.05) is 0 Å². The molecule has 0 aliphatic carbocycles. The second-order valence-corrected chi connectivity index (χ2v) is 6.40. The van der Waals surface area contributed by atoms with Gasteiger partial charge in [0.2, 0.25) is 0 Å². The molecule has 0 aliphatic heterocycles. The average Bonchev–Trinajstić information content (AvgIpc) is 2.28. The lowest BCUT2D eigenvalue weighted by Crippen LogP contribution is -2.09. The lowest BCUT2D eigenvalue weighted by Gasteiger charge is -2.10. The summed E-state index contributed by atoms with van der Waals surface area (Å²) in [6.07, 6.45) is -4.96. The molecular formula is C8H7Br2F3S. The number of aryl methyl sites for hydroxylation is 1. The normalized spacial score (nSPS) is 14.4. The first-order valence-corrected chi connectivity index (χ1v) is 6.29. The largest absolute Gasteiger partial charge is 0.390 e. The third-order valence-electron chi connectivity index (χ3n) is 1.60.